The molecule has 0 radical (unpaired) electrons. The summed E-state index contributed by atoms with van der Waals surface area (Å²) in [6, 6.07) is 0.886. The molecule has 1 nitrogen and oxygen atoms in total. The average molecular weight is 346 g/mol. The Kier molecular flexibility index (Phi) is 10.4. The van der Waals surface area contributed by atoms with Gasteiger partial charge in [0.1, 0.15) is 8.24 Å². The van der Waals surface area contributed by atoms with E-state index in [1.165, 1.54) is 6.42 Å². The van der Waals surface area contributed by atoms with Gasteiger partial charge in [-0.25, -0.2) is 0 Å². The molecule has 0 aromatic heterocycles. The Bertz CT molecular complexity index is 316. The quantitative estimate of drug-likeness (QED) is 0.457. The molecular weight excluding hydrogens is 306 g/mol. The summed E-state index contributed by atoms with van der Waals surface area (Å²) in [6.45, 7) is 20.0. The van der Waals surface area contributed by atoms with Gasteiger partial charge in [0.2, 0.25) is 0 Å². The minimum atomic E-state index is -1.18. The summed E-state index contributed by atoms with van der Waals surface area (Å²) in [6.07, 6.45) is 1.28. The number of fused-ring (bicyclic) bond motifs is 1. The summed E-state index contributed by atoms with van der Waals surface area (Å²) in [5, 5.41) is 0. The summed E-state index contributed by atoms with van der Waals surface area (Å²) in [4.78, 5) is 0. The molecule has 0 bridgehead atoms. The normalized spacial score (nSPS) is 36.9. The molecule has 0 N–H and O–H groups in total. The molecule has 2 rings (SSSR count). The monoisotopic (exact) mass is 346 g/mol. The minimum absolute atomic E-state index is 0. The third-order valence-electron chi connectivity index (χ3n) is 6.38. The van der Waals surface area contributed by atoms with Gasteiger partial charge in [0, 0.05) is 11.6 Å². The van der Waals surface area contributed by atoms with Crippen molar-refractivity contribution in [1.29, 1.82) is 0 Å². The summed E-state index contributed by atoms with van der Waals surface area (Å²) in [5.41, 5.74) is 1.45. The maximum Gasteiger partial charge on any atom is 4.00 e. The van der Waals surface area contributed by atoms with Gasteiger partial charge in [-0.05, 0) is 43.6 Å². The number of nitrogens with zero attached hydrogens (tertiary/aromatic N) is 1. The zero-order chi connectivity index (χ0) is 13.2. The van der Waals surface area contributed by atoms with Gasteiger partial charge in [0.15, 0.2) is 0 Å². The van der Waals surface area contributed by atoms with Crippen molar-refractivity contribution in [3.8, 4) is 0 Å². The third-order valence-corrected chi connectivity index (χ3v) is 11.0. The predicted octanol–water partition coefficient (Wildman–Crippen LogP) is 5.70. The molecule has 1 saturated heterocycles. The molecule has 2 fully saturated rings. The second-order valence-corrected chi connectivity index (χ2v) is 12.2. The Morgan fingerprint density at radius 3 is 1.71 bits per heavy atom. The van der Waals surface area contributed by atoms with E-state index >= 15 is 0 Å². The van der Waals surface area contributed by atoms with Crippen LogP contribution < -0.4 is 0 Å². The van der Waals surface area contributed by atoms with Crippen LogP contribution in [0.5, 0.6) is 0 Å². The van der Waals surface area contributed by atoms with Gasteiger partial charge >= 0.3 is 21.7 Å². The Labute approximate surface area is 152 Å². The molecule has 0 amide bonds. The summed E-state index contributed by atoms with van der Waals surface area (Å²) in [7, 11) is -1.18. The van der Waals surface area contributed by atoms with Gasteiger partial charge in [0.25, 0.3) is 0 Å². The van der Waals surface area contributed by atoms with Crippen LogP contribution in [0.15, 0.2) is 0 Å². The van der Waals surface area contributed by atoms with E-state index in [0.29, 0.717) is 5.54 Å². The molecule has 1 heterocycles. The standard InChI is InChI=1S/C15H31NSi.3CH3.Ti/c1-9-15(5,6)16-13-11(3)10(2)12(4)14(13)17(16,7)8;;;;/h10-14H,9H2,1-8H3;3*1H3;/q;3*-1;+4/t10?,11-,12?,13?,14?;;;;/m1..../s1. The van der Waals surface area contributed by atoms with Crippen molar-refractivity contribution in [1.82, 2.24) is 4.57 Å². The van der Waals surface area contributed by atoms with Gasteiger partial charge in [-0.15, -0.1) is 0 Å². The fourth-order valence-corrected chi connectivity index (χ4v) is 10.9. The van der Waals surface area contributed by atoms with Crippen LogP contribution in [0.3, 0.4) is 0 Å². The van der Waals surface area contributed by atoms with E-state index in [4.69, 9.17) is 0 Å². The van der Waals surface area contributed by atoms with Crippen molar-refractivity contribution in [2.45, 2.75) is 78.2 Å². The smallest absolute Gasteiger partial charge is 0.358 e. The van der Waals surface area contributed by atoms with Crippen LogP contribution in [-0.2, 0) is 21.7 Å². The molecule has 4 unspecified atom stereocenters. The van der Waals surface area contributed by atoms with Crippen LogP contribution in [0.4, 0.5) is 0 Å². The molecule has 0 spiro atoms. The fourth-order valence-electron chi connectivity index (χ4n) is 5.03. The van der Waals surface area contributed by atoms with Gasteiger partial charge in [-0.1, -0.05) is 40.8 Å². The Morgan fingerprint density at radius 2 is 1.33 bits per heavy atom. The Morgan fingerprint density at radius 1 is 0.905 bits per heavy atom. The Hall–Kier alpha value is 0.891. The maximum absolute atomic E-state index is 2.97. The molecule has 1 saturated carbocycles. The van der Waals surface area contributed by atoms with E-state index in [-0.39, 0.29) is 44.0 Å². The predicted molar refractivity (Wildman–Crippen MR) is 98.0 cm³/mol. The zero-order valence-electron chi connectivity index (χ0n) is 16.5. The van der Waals surface area contributed by atoms with E-state index in [9.17, 15) is 0 Å². The van der Waals surface area contributed by atoms with Crippen LogP contribution in [-0.4, -0.2) is 24.4 Å². The SMILES string of the molecule is CCC(C)(C)N1C2C(C(C)C(C)[C@H]2C)[Si]1(C)C.[CH3-].[CH3-].[CH3-].[Ti+4]. The topological polar surface area (TPSA) is 3.24 Å². The molecule has 21 heavy (non-hydrogen) atoms. The van der Waals surface area contributed by atoms with Crippen LogP contribution in [0.2, 0.25) is 18.6 Å². The van der Waals surface area contributed by atoms with E-state index in [0.717, 1.165) is 29.3 Å². The van der Waals surface area contributed by atoms with Gasteiger partial charge in [-0.3, -0.25) is 0 Å². The summed E-state index contributed by atoms with van der Waals surface area (Å²) < 4.78 is 2.97. The first-order valence-corrected chi connectivity index (χ1v) is 10.5. The molecular formula is C18H40NSiTi+. The van der Waals surface area contributed by atoms with Crippen molar-refractivity contribution in [3.63, 3.8) is 0 Å². The van der Waals surface area contributed by atoms with E-state index < -0.39 is 8.24 Å². The number of hydrogen-bond acceptors (Lipinski definition) is 1. The summed E-state index contributed by atoms with van der Waals surface area (Å²) >= 11 is 0. The van der Waals surface area contributed by atoms with Crippen LogP contribution in [0, 0.1) is 40.0 Å². The van der Waals surface area contributed by atoms with E-state index in [2.05, 4.69) is 59.2 Å². The first kappa shape index (κ1) is 26.8. The molecule has 5 atom stereocenters. The molecule has 124 valence electrons. The van der Waals surface area contributed by atoms with Crippen molar-refractivity contribution < 1.29 is 21.7 Å². The number of rotatable bonds is 2. The average Bonchev–Trinajstić information content (AvgIpc) is 2.41. The van der Waals surface area contributed by atoms with Crippen molar-refractivity contribution >= 4 is 8.24 Å². The van der Waals surface area contributed by atoms with Gasteiger partial charge in [0.05, 0.1) is 0 Å². The summed E-state index contributed by atoms with van der Waals surface area (Å²) in [5.74, 6) is 2.75. The van der Waals surface area contributed by atoms with Crippen molar-refractivity contribution in [2.75, 3.05) is 0 Å². The second-order valence-electron chi connectivity index (χ2n) is 7.78. The molecule has 1 aliphatic heterocycles. The maximum atomic E-state index is 2.97. The van der Waals surface area contributed by atoms with Crippen LogP contribution in [0.1, 0.15) is 48.0 Å². The van der Waals surface area contributed by atoms with Gasteiger partial charge in [-0.2, -0.15) is 0 Å². The first-order valence-electron chi connectivity index (χ1n) is 7.45. The first-order chi connectivity index (χ1) is 7.66. The second kappa shape index (κ2) is 8.13. The largest absolute Gasteiger partial charge is 4.00 e. The van der Waals surface area contributed by atoms with Gasteiger partial charge < -0.3 is 26.8 Å². The molecule has 0 aromatic carbocycles. The molecule has 1 aliphatic carbocycles. The van der Waals surface area contributed by atoms with Crippen molar-refractivity contribution in [2.24, 2.45) is 17.8 Å². The van der Waals surface area contributed by atoms with Crippen molar-refractivity contribution in [3.05, 3.63) is 22.3 Å². The fraction of sp³-hybridized carbons (Fsp3) is 0.833. The number of hydrogen-bond donors (Lipinski definition) is 0. The minimum Gasteiger partial charge on any atom is -0.358 e. The zero-order valence-corrected chi connectivity index (χ0v) is 19.1. The van der Waals surface area contributed by atoms with Crippen LogP contribution >= 0.6 is 0 Å². The molecule has 3 heteroatoms. The van der Waals surface area contributed by atoms with E-state index in [1.54, 1.807) is 0 Å². The molecule has 0 aromatic rings. The van der Waals surface area contributed by atoms with E-state index in [1.807, 2.05) is 0 Å². The Balaban J connectivity index is -0.000000810. The molecule has 2 aliphatic rings. The van der Waals surface area contributed by atoms with Crippen LogP contribution in [0.25, 0.3) is 0 Å². The third kappa shape index (κ3) is 3.54.